The minimum atomic E-state index is -5.69. The van der Waals surface area contributed by atoms with E-state index in [4.69, 9.17) is 16.6 Å². The van der Waals surface area contributed by atoms with Gasteiger partial charge in [-0.25, -0.2) is 9.97 Å². The highest BCUT2D eigenvalue weighted by atomic mass is 35.5. The summed E-state index contributed by atoms with van der Waals surface area (Å²) in [7, 11) is 3.51. The van der Waals surface area contributed by atoms with Gasteiger partial charge in [0.25, 0.3) is 0 Å². The molecule has 3 aromatic rings. The van der Waals surface area contributed by atoms with Crippen LogP contribution in [-0.2, 0) is 14.1 Å². The van der Waals surface area contributed by atoms with Crippen LogP contribution in [0.25, 0.3) is 29.0 Å². The van der Waals surface area contributed by atoms with Gasteiger partial charge in [-0.2, -0.15) is 22.0 Å². The molecule has 12 heteroatoms. The summed E-state index contributed by atoms with van der Waals surface area (Å²) in [5.74, 6) is -2.88. The molecule has 33 heavy (non-hydrogen) atoms. The zero-order valence-electron chi connectivity index (χ0n) is 17.8. The van der Waals surface area contributed by atoms with Crippen molar-refractivity contribution in [1.29, 1.82) is 0 Å². The Balaban J connectivity index is 1.83. The molecule has 4 rings (SSSR count). The lowest BCUT2D eigenvalue weighted by molar-refractivity contribution is -0.263. The summed E-state index contributed by atoms with van der Waals surface area (Å²) in [5.41, 5.74) is 0.239. The number of hydrogen-bond acceptors (Lipinski definition) is 4. The predicted molar refractivity (Wildman–Crippen MR) is 120 cm³/mol. The van der Waals surface area contributed by atoms with E-state index in [1.807, 2.05) is 30.7 Å². The first-order valence-corrected chi connectivity index (χ1v) is 11.2. The number of nitrogens with zero attached hydrogens (tertiary/aromatic N) is 4. The average Bonchev–Trinajstić information content (AvgIpc) is 3.25. The number of imidazole rings is 2. The smallest absolute Gasteiger partial charge is 0.366 e. The van der Waals surface area contributed by atoms with Crippen LogP contribution in [0, 0.1) is 0 Å². The molecule has 1 aromatic carbocycles. The fraction of sp³-hybridized carbons (Fsp3) is 0.333. The van der Waals surface area contributed by atoms with Crippen LogP contribution in [0.15, 0.2) is 34.9 Å². The fourth-order valence-corrected chi connectivity index (χ4v) is 4.56. The number of hydrogen-bond donors (Lipinski definition) is 1. The Hall–Kier alpha value is -2.53. The SMILES string of the molecule is CCSc1c(-c2nc3c(n2C)NCC(C(F)(F)C(F)(F)F)=C3)nc(-c2ccc(Cl)cc2)n1C. The van der Waals surface area contributed by atoms with Crippen molar-refractivity contribution in [3.8, 4) is 22.9 Å². The average molecular weight is 504 g/mol. The minimum absolute atomic E-state index is 0.00354. The summed E-state index contributed by atoms with van der Waals surface area (Å²) in [4.78, 5) is 9.13. The molecule has 2 aromatic heterocycles. The van der Waals surface area contributed by atoms with Crippen molar-refractivity contribution in [3.63, 3.8) is 0 Å². The molecule has 1 aliphatic heterocycles. The summed E-state index contributed by atoms with van der Waals surface area (Å²) >= 11 is 7.51. The number of benzene rings is 1. The second-order valence-corrected chi connectivity index (χ2v) is 9.10. The van der Waals surface area contributed by atoms with Gasteiger partial charge in [-0.05, 0) is 36.1 Å². The van der Waals surface area contributed by atoms with Crippen LogP contribution < -0.4 is 5.32 Å². The minimum Gasteiger partial charge on any atom is -0.366 e. The van der Waals surface area contributed by atoms with Gasteiger partial charge in [0.2, 0.25) is 0 Å². The Kier molecular flexibility index (Phi) is 5.98. The van der Waals surface area contributed by atoms with Crippen LogP contribution in [0.3, 0.4) is 0 Å². The topological polar surface area (TPSA) is 47.7 Å². The van der Waals surface area contributed by atoms with Crippen molar-refractivity contribution in [2.24, 2.45) is 14.1 Å². The highest BCUT2D eigenvalue weighted by Gasteiger charge is 2.60. The number of halogens is 6. The lowest BCUT2D eigenvalue weighted by Crippen LogP contribution is -2.41. The van der Waals surface area contributed by atoms with Crippen molar-refractivity contribution >= 4 is 35.3 Å². The molecule has 0 radical (unpaired) electrons. The van der Waals surface area contributed by atoms with Gasteiger partial charge in [-0.15, -0.1) is 11.8 Å². The molecule has 0 fully saturated rings. The van der Waals surface area contributed by atoms with E-state index in [0.29, 0.717) is 28.2 Å². The molecule has 0 aliphatic carbocycles. The van der Waals surface area contributed by atoms with Crippen molar-refractivity contribution < 1.29 is 22.0 Å². The van der Waals surface area contributed by atoms with Crippen molar-refractivity contribution in [1.82, 2.24) is 19.1 Å². The molecule has 1 N–H and O–H groups in total. The first-order chi connectivity index (χ1) is 15.5. The van der Waals surface area contributed by atoms with Gasteiger partial charge in [0.1, 0.15) is 28.1 Å². The molecule has 0 saturated heterocycles. The Morgan fingerprint density at radius 1 is 1.03 bits per heavy atom. The van der Waals surface area contributed by atoms with Crippen molar-refractivity contribution in [3.05, 3.63) is 40.6 Å². The molecule has 0 atom stereocenters. The van der Waals surface area contributed by atoms with Gasteiger partial charge in [0, 0.05) is 36.8 Å². The largest absolute Gasteiger partial charge is 0.457 e. The van der Waals surface area contributed by atoms with Gasteiger partial charge in [-0.3, -0.25) is 0 Å². The number of rotatable bonds is 5. The third kappa shape index (κ3) is 4.01. The Morgan fingerprint density at radius 3 is 2.30 bits per heavy atom. The van der Waals surface area contributed by atoms with E-state index >= 15 is 0 Å². The van der Waals surface area contributed by atoms with E-state index < -0.39 is 24.2 Å². The maximum atomic E-state index is 13.9. The second-order valence-electron chi connectivity index (χ2n) is 7.41. The lowest BCUT2D eigenvalue weighted by Gasteiger charge is -2.25. The summed E-state index contributed by atoms with van der Waals surface area (Å²) in [5, 5.41) is 4.03. The second kappa shape index (κ2) is 8.35. The Morgan fingerprint density at radius 2 is 1.70 bits per heavy atom. The molecule has 3 heterocycles. The molecule has 1 aliphatic rings. The summed E-state index contributed by atoms with van der Waals surface area (Å²) < 4.78 is 69.8. The fourth-order valence-electron chi connectivity index (χ4n) is 3.61. The maximum absolute atomic E-state index is 13.9. The Labute approximate surface area is 195 Å². The number of alkyl halides is 5. The van der Waals surface area contributed by atoms with Crippen LogP contribution in [0.4, 0.5) is 27.8 Å². The van der Waals surface area contributed by atoms with E-state index in [9.17, 15) is 22.0 Å². The third-order valence-electron chi connectivity index (χ3n) is 5.28. The van der Waals surface area contributed by atoms with Gasteiger partial charge in [0.15, 0.2) is 5.82 Å². The van der Waals surface area contributed by atoms with Crippen LogP contribution in [0.5, 0.6) is 0 Å². The highest BCUT2D eigenvalue weighted by Crippen LogP contribution is 2.44. The monoisotopic (exact) mass is 503 g/mol. The number of anilines is 1. The third-order valence-corrected chi connectivity index (χ3v) is 6.56. The number of thioether (sulfide) groups is 1. The van der Waals surface area contributed by atoms with Gasteiger partial charge < -0.3 is 14.5 Å². The van der Waals surface area contributed by atoms with E-state index in [2.05, 4.69) is 10.3 Å². The van der Waals surface area contributed by atoms with E-state index in [-0.39, 0.29) is 5.69 Å². The van der Waals surface area contributed by atoms with Gasteiger partial charge in [-0.1, -0.05) is 18.5 Å². The highest BCUT2D eigenvalue weighted by molar-refractivity contribution is 7.99. The Bertz CT molecular complexity index is 1230. The number of nitrogens with one attached hydrogen (secondary N) is 1. The summed E-state index contributed by atoms with van der Waals surface area (Å²) in [6, 6.07) is 7.14. The molecule has 176 valence electrons. The molecule has 0 amide bonds. The predicted octanol–water partition coefficient (Wildman–Crippen LogP) is 6.26. The molecule has 0 saturated carbocycles. The van der Waals surface area contributed by atoms with Gasteiger partial charge >= 0.3 is 12.1 Å². The van der Waals surface area contributed by atoms with Gasteiger partial charge in [0.05, 0.1) is 0 Å². The zero-order chi connectivity index (χ0) is 24.1. The molecule has 0 spiro atoms. The molecule has 5 nitrogen and oxygen atoms in total. The standard InChI is InChI=1S/C21H19ClF5N5S/c1-4-33-19-15(30-16(32(19)3)11-5-7-13(22)8-6-11)18-29-14-9-12(10-28-17(14)31(18)2)20(23,24)21(25,26)27/h5-9,28H,4,10H2,1-3H3. The van der Waals surface area contributed by atoms with E-state index in [1.165, 1.54) is 11.8 Å². The molecular weight excluding hydrogens is 485 g/mol. The quantitative estimate of drug-likeness (QED) is 0.330. The zero-order valence-corrected chi connectivity index (χ0v) is 19.3. The van der Waals surface area contributed by atoms with Crippen LogP contribution in [0.1, 0.15) is 12.6 Å². The molecular formula is C21H19ClF5N5S. The molecule has 0 unspecified atom stereocenters. The van der Waals surface area contributed by atoms with Crippen LogP contribution in [0.2, 0.25) is 5.02 Å². The van der Waals surface area contributed by atoms with Crippen molar-refractivity contribution in [2.75, 3.05) is 17.6 Å². The normalized spacial score (nSPS) is 14.2. The number of aromatic nitrogens is 4. The lowest BCUT2D eigenvalue weighted by atomic mass is 10.0. The van der Waals surface area contributed by atoms with E-state index in [0.717, 1.165) is 22.4 Å². The summed E-state index contributed by atoms with van der Waals surface area (Å²) in [6.45, 7) is 1.33. The first-order valence-electron chi connectivity index (χ1n) is 9.87. The molecule has 0 bridgehead atoms. The number of fused-ring (bicyclic) bond motifs is 1. The van der Waals surface area contributed by atoms with Crippen LogP contribution >= 0.6 is 23.4 Å². The van der Waals surface area contributed by atoms with Crippen LogP contribution in [-0.4, -0.2) is 43.5 Å². The van der Waals surface area contributed by atoms with E-state index in [1.54, 1.807) is 23.7 Å². The maximum Gasteiger partial charge on any atom is 0.457 e. The summed E-state index contributed by atoms with van der Waals surface area (Å²) in [6.07, 6.45) is -4.88. The van der Waals surface area contributed by atoms with Crippen molar-refractivity contribution in [2.45, 2.75) is 24.0 Å². The first kappa shape index (κ1) is 23.6.